The van der Waals surface area contributed by atoms with Gasteiger partial charge in [0.1, 0.15) is 5.82 Å². The number of nitrogens with zero attached hydrogens (tertiary/aromatic N) is 3. The first-order chi connectivity index (χ1) is 18.4. The summed E-state index contributed by atoms with van der Waals surface area (Å²) in [5.41, 5.74) is 1.79. The number of hydrogen-bond acceptors (Lipinski definition) is 6. The van der Waals surface area contributed by atoms with E-state index in [2.05, 4.69) is 26.3 Å². The zero-order valence-corrected chi connectivity index (χ0v) is 23.1. The minimum absolute atomic E-state index is 0.0321. The van der Waals surface area contributed by atoms with Crippen molar-refractivity contribution in [1.29, 1.82) is 0 Å². The highest BCUT2D eigenvalue weighted by Crippen LogP contribution is 2.28. The Labute approximate surface area is 229 Å². The molecule has 196 valence electrons. The van der Waals surface area contributed by atoms with E-state index < -0.39 is 0 Å². The molecule has 0 radical (unpaired) electrons. The van der Waals surface area contributed by atoms with E-state index in [1.807, 2.05) is 51.1 Å². The monoisotopic (exact) mass is 576 g/mol. The number of rotatable bonds is 10. The van der Waals surface area contributed by atoms with Gasteiger partial charge in [-0.3, -0.25) is 9.59 Å². The zero-order valence-electron chi connectivity index (χ0n) is 21.5. The third kappa shape index (κ3) is 6.47. The number of halogens is 1. The molecule has 0 bridgehead atoms. The van der Waals surface area contributed by atoms with Gasteiger partial charge in [-0.25, -0.2) is 4.98 Å². The highest BCUT2D eigenvalue weighted by molar-refractivity contribution is 9.10. The topological polar surface area (TPSA) is 94.8 Å². The normalized spacial score (nSPS) is 12.0. The molecule has 0 spiro atoms. The zero-order chi connectivity index (χ0) is 27.1. The van der Waals surface area contributed by atoms with E-state index in [1.54, 1.807) is 42.6 Å². The molecule has 0 aliphatic heterocycles. The number of benzene rings is 3. The summed E-state index contributed by atoms with van der Waals surface area (Å²) in [4.78, 5) is 30.4. The fourth-order valence-electron chi connectivity index (χ4n) is 3.76. The van der Waals surface area contributed by atoms with Gasteiger partial charge < -0.3 is 14.8 Å². The van der Waals surface area contributed by atoms with Crippen LogP contribution in [0.3, 0.4) is 0 Å². The number of carbonyl (C=O) groups excluding carboxylic acids is 1. The maximum Gasteiger partial charge on any atom is 0.282 e. The van der Waals surface area contributed by atoms with Crippen molar-refractivity contribution in [3.05, 3.63) is 92.9 Å². The number of amides is 1. The van der Waals surface area contributed by atoms with Crippen LogP contribution in [0.25, 0.3) is 10.9 Å². The van der Waals surface area contributed by atoms with E-state index in [4.69, 9.17) is 14.5 Å². The Kier molecular flexibility index (Phi) is 8.91. The second kappa shape index (κ2) is 12.5. The van der Waals surface area contributed by atoms with Gasteiger partial charge in [-0.15, -0.1) is 0 Å². The van der Waals surface area contributed by atoms with Crippen molar-refractivity contribution in [2.75, 3.05) is 18.5 Å². The van der Waals surface area contributed by atoms with Gasteiger partial charge in [-0.1, -0.05) is 48.0 Å². The molecule has 1 atom stereocenters. The van der Waals surface area contributed by atoms with Crippen molar-refractivity contribution in [2.24, 2.45) is 5.10 Å². The standard InChI is InChI=1S/C29H29BrN4O4/c1-4-19(3)28-33-24-13-12-21(30)16-23(24)29(36)34(28)31-17-20-11-14-25(26(15-20)37-5-2)38-18-27(35)32-22-9-7-6-8-10-22/h6-17,19H,4-5,18H2,1-3H3,(H,32,35)/t19-/m0/s1. The SMILES string of the molecule is CCOc1cc(C=Nn2c([C@@H](C)CC)nc3ccc(Br)cc3c2=O)ccc1OCC(=O)Nc1ccccc1. The first kappa shape index (κ1) is 27.1. The van der Waals surface area contributed by atoms with Crippen LogP contribution in [0.1, 0.15) is 44.5 Å². The summed E-state index contributed by atoms with van der Waals surface area (Å²) in [5.74, 6) is 1.25. The number of hydrogen-bond donors (Lipinski definition) is 1. The quantitative estimate of drug-likeness (QED) is 0.235. The Hall–Kier alpha value is -3.98. The average molecular weight is 577 g/mol. The van der Waals surface area contributed by atoms with Crippen LogP contribution in [0.5, 0.6) is 11.5 Å². The van der Waals surface area contributed by atoms with Gasteiger partial charge in [-0.05, 0) is 67.4 Å². The van der Waals surface area contributed by atoms with Crippen LogP contribution < -0.4 is 20.3 Å². The Bertz CT molecular complexity index is 1520. The molecule has 4 aromatic rings. The van der Waals surface area contributed by atoms with Gasteiger partial charge in [0.25, 0.3) is 11.5 Å². The highest BCUT2D eigenvalue weighted by atomic mass is 79.9. The number of nitrogens with one attached hydrogen (secondary N) is 1. The molecule has 1 amide bonds. The lowest BCUT2D eigenvalue weighted by Gasteiger charge is -2.14. The molecule has 4 rings (SSSR count). The molecule has 3 aromatic carbocycles. The molecule has 0 fully saturated rings. The smallest absolute Gasteiger partial charge is 0.282 e. The fourth-order valence-corrected chi connectivity index (χ4v) is 4.12. The van der Waals surface area contributed by atoms with Crippen molar-refractivity contribution in [2.45, 2.75) is 33.1 Å². The van der Waals surface area contributed by atoms with Crippen LogP contribution in [0.2, 0.25) is 0 Å². The largest absolute Gasteiger partial charge is 0.490 e. The summed E-state index contributed by atoms with van der Waals surface area (Å²) in [7, 11) is 0. The summed E-state index contributed by atoms with van der Waals surface area (Å²) in [6.07, 6.45) is 2.40. The van der Waals surface area contributed by atoms with Crippen LogP contribution >= 0.6 is 15.9 Å². The summed E-state index contributed by atoms with van der Waals surface area (Å²) < 4.78 is 13.6. The van der Waals surface area contributed by atoms with Crippen molar-refractivity contribution in [3.63, 3.8) is 0 Å². The van der Waals surface area contributed by atoms with Crippen LogP contribution in [0, 0.1) is 0 Å². The molecule has 1 N–H and O–H groups in total. The van der Waals surface area contributed by atoms with Crippen LogP contribution in [-0.2, 0) is 4.79 Å². The minimum atomic E-state index is -0.281. The molecule has 1 aromatic heterocycles. The Morgan fingerprint density at radius 1 is 1.08 bits per heavy atom. The van der Waals surface area contributed by atoms with E-state index in [0.717, 1.165) is 10.9 Å². The van der Waals surface area contributed by atoms with Gasteiger partial charge in [0.15, 0.2) is 18.1 Å². The summed E-state index contributed by atoms with van der Waals surface area (Å²) in [6.45, 7) is 6.17. The number of fused-ring (bicyclic) bond motifs is 1. The fraction of sp³-hybridized carbons (Fsp3) is 0.241. The summed E-state index contributed by atoms with van der Waals surface area (Å²) in [5, 5.41) is 7.79. The van der Waals surface area contributed by atoms with Crippen molar-refractivity contribution in [1.82, 2.24) is 9.66 Å². The van der Waals surface area contributed by atoms with Crippen molar-refractivity contribution < 1.29 is 14.3 Å². The molecule has 38 heavy (non-hydrogen) atoms. The second-order valence-corrected chi connectivity index (χ2v) is 9.56. The maximum absolute atomic E-state index is 13.4. The lowest BCUT2D eigenvalue weighted by molar-refractivity contribution is -0.118. The molecule has 9 heteroatoms. The average Bonchev–Trinajstić information content (AvgIpc) is 2.92. The molecule has 8 nitrogen and oxygen atoms in total. The molecule has 0 saturated carbocycles. The lowest BCUT2D eigenvalue weighted by atomic mass is 10.1. The predicted octanol–water partition coefficient (Wildman–Crippen LogP) is 5.97. The molecule has 0 saturated heterocycles. The number of para-hydroxylation sites is 1. The molecule has 0 aliphatic rings. The van der Waals surface area contributed by atoms with E-state index >= 15 is 0 Å². The predicted molar refractivity (Wildman–Crippen MR) is 154 cm³/mol. The highest BCUT2D eigenvalue weighted by Gasteiger charge is 2.16. The number of ether oxygens (including phenoxy) is 2. The van der Waals surface area contributed by atoms with Gasteiger partial charge in [-0.2, -0.15) is 9.78 Å². The van der Waals surface area contributed by atoms with Crippen LogP contribution in [0.4, 0.5) is 5.69 Å². The van der Waals surface area contributed by atoms with E-state index in [0.29, 0.717) is 46.1 Å². The third-order valence-electron chi connectivity index (χ3n) is 5.89. The first-order valence-corrected chi connectivity index (χ1v) is 13.2. The van der Waals surface area contributed by atoms with Crippen LogP contribution in [-0.4, -0.2) is 35.0 Å². The second-order valence-electron chi connectivity index (χ2n) is 8.64. The van der Waals surface area contributed by atoms with Gasteiger partial charge >= 0.3 is 0 Å². The number of aromatic nitrogens is 2. The Balaban J connectivity index is 1.59. The van der Waals surface area contributed by atoms with Gasteiger partial charge in [0, 0.05) is 16.1 Å². The minimum Gasteiger partial charge on any atom is -0.490 e. The molecule has 0 unspecified atom stereocenters. The number of carbonyl (C=O) groups is 1. The van der Waals surface area contributed by atoms with E-state index in [9.17, 15) is 9.59 Å². The first-order valence-electron chi connectivity index (χ1n) is 12.4. The Morgan fingerprint density at radius 2 is 1.87 bits per heavy atom. The number of anilines is 1. The molecule has 0 aliphatic carbocycles. The van der Waals surface area contributed by atoms with Gasteiger partial charge in [0.2, 0.25) is 0 Å². The van der Waals surface area contributed by atoms with Crippen LogP contribution in [0.15, 0.2) is 81.1 Å². The van der Waals surface area contributed by atoms with Crippen molar-refractivity contribution in [3.8, 4) is 11.5 Å². The van der Waals surface area contributed by atoms with Crippen molar-refractivity contribution >= 4 is 44.6 Å². The summed E-state index contributed by atoms with van der Waals surface area (Å²) in [6, 6.07) is 19.9. The Morgan fingerprint density at radius 3 is 2.61 bits per heavy atom. The third-order valence-corrected chi connectivity index (χ3v) is 6.39. The van der Waals surface area contributed by atoms with E-state index in [-0.39, 0.29) is 24.0 Å². The molecular weight excluding hydrogens is 548 g/mol. The molecular formula is C29H29BrN4O4. The maximum atomic E-state index is 13.4. The van der Waals surface area contributed by atoms with Gasteiger partial charge in [0.05, 0.1) is 23.7 Å². The molecule has 1 heterocycles. The lowest BCUT2D eigenvalue weighted by Crippen LogP contribution is -2.23. The van der Waals surface area contributed by atoms with E-state index in [1.165, 1.54) is 4.68 Å². The summed E-state index contributed by atoms with van der Waals surface area (Å²) >= 11 is 3.43.